The second kappa shape index (κ2) is 7.31. The first-order valence-corrected chi connectivity index (χ1v) is 7.49. The van der Waals surface area contributed by atoms with Crippen molar-refractivity contribution >= 4 is 5.91 Å². The first-order valence-electron chi connectivity index (χ1n) is 7.49. The van der Waals surface area contributed by atoms with Crippen LogP contribution in [0.5, 0.6) is 11.5 Å². The summed E-state index contributed by atoms with van der Waals surface area (Å²) >= 11 is 0. The summed E-state index contributed by atoms with van der Waals surface area (Å²) in [5.74, 6) is 1.58. The highest BCUT2D eigenvalue weighted by Gasteiger charge is 2.17. The van der Waals surface area contributed by atoms with Crippen molar-refractivity contribution in [1.82, 2.24) is 10.6 Å². The molecule has 2 rings (SSSR count). The monoisotopic (exact) mass is 292 g/mol. The molecule has 1 aliphatic heterocycles. The van der Waals surface area contributed by atoms with Gasteiger partial charge in [0, 0.05) is 24.6 Å². The van der Waals surface area contributed by atoms with Crippen molar-refractivity contribution in [2.75, 3.05) is 13.2 Å². The average Bonchev–Trinajstić information content (AvgIpc) is 2.69. The third-order valence-corrected chi connectivity index (χ3v) is 3.28. The van der Waals surface area contributed by atoms with Gasteiger partial charge in [0.15, 0.2) is 11.5 Å². The Hall–Kier alpha value is -1.75. The van der Waals surface area contributed by atoms with Gasteiger partial charge in [0.25, 0.3) is 0 Å². The molecule has 0 fully saturated rings. The van der Waals surface area contributed by atoms with Gasteiger partial charge in [-0.15, -0.1) is 0 Å². The van der Waals surface area contributed by atoms with E-state index in [2.05, 4.69) is 10.6 Å². The number of hydrogen-bond donors (Lipinski definition) is 2. The highest BCUT2D eigenvalue weighted by Crippen LogP contribution is 2.33. The number of rotatable bonds is 5. The van der Waals surface area contributed by atoms with Crippen molar-refractivity contribution in [3.8, 4) is 11.5 Å². The average molecular weight is 292 g/mol. The van der Waals surface area contributed by atoms with Gasteiger partial charge in [-0.3, -0.25) is 4.79 Å². The fourth-order valence-electron chi connectivity index (χ4n) is 2.16. The molecule has 5 heteroatoms. The molecule has 0 spiro atoms. The number of carbonyl (C=O) groups is 1. The molecule has 5 nitrogen and oxygen atoms in total. The molecule has 0 bridgehead atoms. The van der Waals surface area contributed by atoms with Gasteiger partial charge in [0.1, 0.15) is 0 Å². The van der Waals surface area contributed by atoms with Crippen LogP contribution in [0.1, 0.15) is 32.8 Å². The number of hydrogen-bond acceptors (Lipinski definition) is 4. The quantitative estimate of drug-likeness (QED) is 0.869. The molecule has 1 aromatic rings. The van der Waals surface area contributed by atoms with E-state index in [4.69, 9.17) is 9.47 Å². The third-order valence-electron chi connectivity index (χ3n) is 3.28. The smallest absolute Gasteiger partial charge is 0.237 e. The van der Waals surface area contributed by atoms with Crippen LogP contribution in [0.15, 0.2) is 18.2 Å². The van der Waals surface area contributed by atoms with Crippen LogP contribution >= 0.6 is 0 Å². The molecule has 2 N–H and O–H groups in total. The molecule has 0 saturated heterocycles. The predicted octanol–water partition coefficient (Wildman–Crippen LogP) is 1.85. The molecule has 0 aliphatic carbocycles. The van der Waals surface area contributed by atoms with E-state index in [0.29, 0.717) is 19.8 Å². The number of amides is 1. The maximum Gasteiger partial charge on any atom is 0.237 e. The Bertz CT molecular complexity index is 488. The number of para-hydroxylation sites is 1. The van der Waals surface area contributed by atoms with E-state index in [9.17, 15) is 4.79 Å². The van der Waals surface area contributed by atoms with Gasteiger partial charge in [-0.1, -0.05) is 12.1 Å². The number of benzene rings is 1. The van der Waals surface area contributed by atoms with Gasteiger partial charge >= 0.3 is 0 Å². The summed E-state index contributed by atoms with van der Waals surface area (Å²) in [4.78, 5) is 11.9. The lowest BCUT2D eigenvalue weighted by Crippen LogP contribution is -2.44. The van der Waals surface area contributed by atoms with Crippen molar-refractivity contribution in [2.45, 2.75) is 45.8 Å². The molecule has 116 valence electrons. The number of ether oxygens (including phenoxy) is 2. The fraction of sp³-hybridized carbons (Fsp3) is 0.562. The van der Waals surface area contributed by atoms with Gasteiger partial charge in [0.2, 0.25) is 5.91 Å². The first kappa shape index (κ1) is 15.6. The zero-order valence-electron chi connectivity index (χ0n) is 12.9. The summed E-state index contributed by atoms with van der Waals surface area (Å²) in [5.41, 5.74) is 1.01. The van der Waals surface area contributed by atoms with E-state index < -0.39 is 0 Å². The molecule has 1 aromatic carbocycles. The zero-order chi connectivity index (χ0) is 15.2. The standard InChI is InChI=1S/C16H24N2O3/c1-11(2)18-16(19)12(3)17-10-13-6-4-7-14-15(13)21-9-5-8-20-14/h4,6-7,11-12,17H,5,8-10H2,1-3H3,(H,18,19). The SMILES string of the molecule is CC(C)NC(=O)C(C)NCc1cccc2c1OCCCO2. The van der Waals surface area contributed by atoms with E-state index >= 15 is 0 Å². The molecule has 0 saturated carbocycles. The second-order valence-corrected chi connectivity index (χ2v) is 5.56. The Balaban J connectivity index is 1.99. The van der Waals surface area contributed by atoms with Gasteiger partial charge in [0.05, 0.1) is 19.3 Å². The fourth-order valence-corrected chi connectivity index (χ4v) is 2.16. The first-order chi connectivity index (χ1) is 10.1. The minimum Gasteiger partial charge on any atom is -0.490 e. The van der Waals surface area contributed by atoms with Gasteiger partial charge in [-0.25, -0.2) is 0 Å². The van der Waals surface area contributed by atoms with Crippen molar-refractivity contribution in [1.29, 1.82) is 0 Å². The number of fused-ring (bicyclic) bond motifs is 1. The maximum atomic E-state index is 11.9. The van der Waals surface area contributed by atoms with Crippen molar-refractivity contribution in [2.24, 2.45) is 0 Å². The predicted molar refractivity (Wildman–Crippen MR) is 81.6 cm³/mol. The number of nitrogens with one attached hydrogen (secondary N) is 2. The van der Waals surface area contributed by atoms with E-state index in [-0.39, 0.29) is 18.0 Å². The molecular weight excluding hydrogens is 268 g/mol. The van der Waals surface area contributed by atoms with Crippen LogP contribution in [-0.2, 0) is 11.3 Å². The molecule has 1 heterocycles. The highest BCUT2D eigenvalue weighted by molar-refractivity contribution is 5.81. The van der Waals surface area contributed by atoms with Crippen LogP contribution < -0.4 is 20.1 Å². The van der Waals surface area contributed by atoms with Crippen molar-refractivity contribution in [3.63, 3.8) is 0 Å². The molecule has 0 radical (unpaired) electrons. The Morgan fingerprint density at radius 3 is 2.76 bits per heavy atom. The summed E-state index contributed by atoms with van der Waals surface area (Å²) in [5, 5.41) is 6.12. The second-order valence-electron chi connectivity index (χ2n) is 5.56. The maximum absolute atomic E-state index is 11.9. The summed E-state index contributed by atoms with van der Waals surface area (Å²) < 4.78 is 11.4. The minimum atomic E-state index is -0.255. The summed E-state index contributed by atoms with van der Waals surface area (Å²) in [6.07, 6.45) is 0.884. The highest BCUT2D eigenvalue weighted by atomic mass is 16.5. The largest absolute Gasteiger partial charge is 0.490 e. The van der Waals surface area contributed by atoms with Crippen molar-refractivity contribution in [3.05, 3.63) is 23.8 Å². The molecule has 21 heavy (non-hydrogen) atoms. The lowest BCUT2D eigenvalue weighted by molar-refractivity contribution is -0.123. The van der Waals surface area contributed by atoms with Gasteiger partial charge < -0.3 is 20.1 Å². The van der Waals surface area contributed by atoms with Crippen LogP contribution in [0.4, 0.5) is 0 Å². The molecule has 1 amide bonds. The van der Waals surface area contributed by atoms with Gasteiger partial charge in [-0.2, -0.15) is 0 Å². The van der Waals surface area contributed by atoms with Crippen LogP contribution in [-0.4, -0.2) is 31.2 Å². The summed E-state index contributed by atoms with van der Waals surface area (Å²) in [6.45, 7) is 7.67. The lowest BCUT2D eigenvalue weighted by atomic mass is 10.1. The Labute approximate surface area is 126 Å². The third kappa shape index (κ3) is 4.36. The topological polar surface area (TPSA) is 59.6 Å². The van der Waals surface area contributed by atoms with Crippen LogP contribution in [0, 0.1) is 0 Å². The molecule has 0 aromatic heterocycles. The molecule has 1 atom stereocenters. The Morgan fingerprint density at radius 2 is 2.00 bits per heavy atom. The van der Waals surface area contributed by atoms with E-state index in [1.165, 1.54) is 0 Å². The molecular formula is C16H24N2O3. The lowest BCUT2D eigenvalue weighted by Gasteiger charge is -2.17. The van der Waals surface area contributed by atoms with Crippen LogP contribution in [0.3, 0.4) is 0 Å². The number of carbonyl (C=O) groups excluding carboxylic acids is 1. The van der Waals surface area contributed by atoms with Gasteiger partial charge in [-0.05, 0) is 26.8 Å². The van der Waals surface area contributed by atoms with E-state index in [1.54, 1.807) is 0 Å². The summed E-state index contributed by atoms with van der Waals surface area (Å²) in [6, 6.07) is 5.75. The minimum absolute atomic E-state index is 0.00388. The van der Waals surface area contributed by atoms with Crippen LogP contribution in [0.25, 0.3) is 0 Å². The normalized spacial score (nSPS) is 15.4. The Kier molecular flexibility index (Phi) is 5.44. The Morgan fingerprint density at radius 1 is 1.24 bits per heavy atom. The zero-order valence-corrected chi connectivity index (χ0v) is 12.9. The van der Waals surface area contributed by atoms with Crippen LogP contribution in [0.2, 0.25) is 0 Å². The molecule has 1 unspecified atom stereocenters. The van der Waals surface area contributed by atoms with E-state index in [0.717, 1.165) is 23.5 Å². The van der Waals surface area contributed by atoms with E-state index in [1.807, 2.05) is 39.0 Å². The molecule has 1 aliphatic rings. The summed E-state index contributed by atoms with van der Waals surface area (Å²) in [7, 11) is 0. The van der Waals surface area contributed by atoms with Crippen molar-refractivity contribution < 1.29 is 14.3 Å².